The SMILES string of the molecule is CCN1CCc2c(sc(-n3cccc3)c2CNC(=O)Nc2ccccc2Cl)C1. The van der Waals surface area contributed by atoms with E-state index in [9.17, 15) is 4.79 Å². The van der Waals surface area contributed by atoms with Crippen molar-refractivity contribution in [3.8, 4) is 5.00 Å². The van der Waals surface area contributed by atoms with Crippen molar-refractivity contribution < 1.29 is 4.79 Å². The molecule has 3 heterocycles. The predicted molar refractivity (Wildman–Crippen MR) is 116 cm³/mol. The first-order valence-corrected chi connectivity index (χ1v) is 10.6. The molecule has 2 aromatic heterocycles. The van der Waals surface area contributed by atoms with Crippen LogP contribution in [0.15, 0.2) is 48.8 Å². The van der Waals surface area contributed by atoms with E-state index in [4.69, 9.17) is 11.6 Å². The highest BCUT2D eigenvalue weighted by Crippen LogP contribution is 2.35. The average molecular weight is 415 g/mol. The summed E-state index contributed by atoms with van der Waals surface area (Å²) in [4.78, 5) is 16.3. The summed E-state index contributed by atoms with van der Waals surface area (Å²) in [6.45, 7) is 5.79. The molecular formula is C21H23ClN4OS. The molecule has 0 bridgehead atoms. The predicted octanol–water partition coefficient (Wildman–Crippen LogP) is 4.89. The van der Waals surface area contributed by atoms with Crippen molar-refractivity contribution in [2.24, 2.45) is 0 Å². The van der Waals surface area contributed by atoms with Crippen LogP contribution in [-0.2, 0) is 19.5 Å². The number of hydrogen-bond donors (Lipinski definition) is 2. The maximum atomic E-state index is 12.4. The summed E-state index contributed by atoms with van der Waals surface area (Å²) >= 11 is 7.96. The number of aromatic nitrogens is 1. The quantitative estimate of drug-likeness (QED) is 0.624. The minimum Gasteiger partial charge on any atom is -0.334 e. The summed E-state index contributed by atoms with van der Waals surface area (Å²) in [5.41, 5.74) is 3.20. The first kappa shape index (κ1) is 19.1. The van der Waals surface area contributed by atoms with Crippen molar-refractivity contribution in [1.29, 1.82) is 0 Å². The Bertz CT molecular complexity index is 967. The molecule has 0 atom stereocenters. The van der Waals surface area contributed by atoms with Crippen LogP contribution in [0.25, 0.3) is 5.00 Å². The minimum atomic E-state index is -0.252. The number of hydrogen-bond acceptors (Lipinski definition) is 3. The second kappa shape index (κ2) is 8.39. The average Bonchev–Trinajstić information content (AvgIpc) is 3.35. The summed E-state index contributed by atoms with van der Waals surface area (Å²) < 4.78 is 2.14. The lowest BCUT2D eigenvalue weighted by Crippen LogP contribution is -2.31. The standard InChI is InChI=1S/C21H23ClN4OS/c1-2-25-12-9-15-16(20(28-19(15)14-25)26-10-5-6-11-26)13-23-21(27)24-18-8-4-3-7-17(18)22/h3-8,10-11H,2,9,12-14H2,1H3,(H2,23,24,27). The maximum Gasteiger partial charge on any atom is 0.319 e. The van der Waals surface area contributed by atoms with Crippen LogP contribution < -0.4 is 10.6 Å². The molecule has 1 aromatic carbocycles. The molecule has 2 amide bonds. The number of thiophene rings is 1. The highest BCUT2D eigenvalue weighted by atomic mass is 35.5. The molecule has 0 saturated carbocycles. The summed E-state index contributed by atoms with van der Waals surface area (Å²) in [6.07, 6.45) is 5.13. The monoisotopic (exact) mass is 414 g/mol. The number of para-hydroxylation sites is 1. The van der Waals surface area contributed by atoms with Gasteiger partial charge in [-0.05, 0) is 42.8 Å². The number of halogens is 1. The number of anilines is 1. The Morgan fingerprint density at radius 2 is 2.00 bits per heavy atom. The first-order chi connectivity index (χ1) is 13.7. The molecule has 7 heteroatoms. The number of fused-ring (bicyclic) bond motifs is 1. The number of carbonyl (C=O) groups excluding carboxylic acids is 1. The van der Waals surface area contributed by atoms with Crippen molar-refractivity contribution in [1.82, 2.24) is 14.8 Å². The van der Waals surface area contributed by atoms with Crippen LogP contribution in [0, 0.1) is 0 Å². The number of nitrogens with zero attached hydrogens (tertiary/aromatic N) is 2. The molecule has 5 nitrogen and oxygen atoms in total. The van der Waals surface area contributed by atoms with Crippen molar-refractivity contribution in [2.45, 2.75) is 26.4 Å². The number of rotatable bonds is 5. The molecule has 0 saturated heterocycles. The Labute approximate surface area is 173 Å². The normalized spacial score (nSPS) is 13.9. The van der Waals surface area contributed by atoms with Crippen LogP contribution in [0.5, 0.6) is 0 Å². The molecule has 28 heavy (non-hydrogen) atoms. The van der Waals surface area contributed by atoms with Crippen LogP contribution in [0.1, 0.15) is 22.9 Å². The van der Waals surface area contributed by atoms with E-state index in [2.05, 4.69) is 39.4 Å². The van der Waals surface area contributed by atoms with Gasteiger partial charge in [0.25, 0.3) is 0 Å². The van der Waals surface area contributed by atoms with Gasteiger partial charge in [-0.1, -0.05) is 30.7 Å². The van der Waals surface area contributed by atoms with Crippen LogP contribution in [0.4, 0.5) is 10.5 Å². The van der Waals surface area contributed by atoms with Gasteiger partial charge in [0.05, 0.1) is 10.7 Å². The zero-order chi connectivity index (χ0) is 19.5. The first-order valence-electron chi connectivity index (χ1n) is 9.44. The zero-order valence-electron chi connectivity index (χ0n) is 15.7. The molecule has 146 valence electrons. The van der Waals surface area contributed by atoms with Gasteiger partial charge < -0.3 is 15.2 Å². The van der Waals surface area contributed by atoms with Crippen molar-refractivity contribution in [3.05, 3.63) is 69.8 Å². The number of nitrogens with one attached hydrogen (secondary N) is 2. The lowest BCUT2D eigenvalue weighted by Gasteiger charge is -2.25. The number of amides is 2. The van der Waals surface area contributed by atoms with E-state index >= 15 is 0 Å². The van der Waals surface area contributed by atoms with Gasteiger partial charge in [0.1, 0.15) is 5.00 Å². The third-order valence-corrected chi connectivity index (χ3v) is 6.66. The second-order valence-corrected chi connectivity index (χ2v) is 8.27. The van der Waals surface area contributed by atoms with Crippen LogP contribution >= 0.6 is 22.9 Å². The number of carbonyl (C=O) groups is 1. The van der Waals surface area contributed by atoms with Crippen molar-refractivity contribution in [2.75, 3.05) is 18.4 Å². The van der Waals surface area contributed by atoms with Crippen LogP contribution in [0.3, 0.4) is 0 Å². The highest BCUT2D eigenvalue weighted by molar-refractivity contribution is 7.14. The van der Waals surface area contributed by atoms with Crippen LogP contribution in [-0.4, -0.2) is 28.6 Å². The van der Waals surface area contributed by atoms with E-state index in [0.29, 0.717) is 17.3 Å². The summed E-state index contributed by atoms with van der Waals surface area (Å²) in [5, 5.41) is 7.55. The lowest BCUT2D eigenvalue weighted by atomic mass is 10.0. The Morgan fingerprint density at radius 3 is 2.75 bits per heavy atom. The lowest BCUT2D eigenvalue weighted by molar-refractivity contribution is 0.251. The second-order valence-electron chi connectivity index (χ2n) is 6.78. The fraction of sp³-hybridized carbons (Fsp3) is 0.286. The summed E-state index contributed by atoms with van der Waals surface area (Å²) in [6, 6.07) is 11.0. The Morgan fingerprint density at radius 1 is 1.21 bits per heavy atom. The molecule has 4 rings (SSSR count). The van der Waals surface area contributed by atoms with E-state index in [1.54, 1.807) is 12.1 Å². The largest absolute Gasteiger partial charge is 0.334 e. The molecule has 0 unspecified atom stereocenters. The number of benzene rings is 1. The van der Waals surface area contributed by atoms with E-state index in [-0.39, 0.29) is 6.03 Å². The minimum absolute atomic E-state index is 0.252. The molecule has 1 aliphatic rings. The van der Waals surface area contributed by atoms with Gasteiger partial charge in [0.2, 0.25) is 0 Å². The molecule has 3 aromatic rings. The number of likely N-dealkylation sites (N-methyl/N-ethyl adjacent to an activating group) is 1. The van der Waals surface area contributed by atoms with E-state index in [1.165, 1.54) is 21.0 Å². The van der Waals surface area contributed by atoms with Gasteiger partial charge in [-0.25, -0.2) is 4.79 Å². The van der Waals surface area contributed by atoms with Gasteiger partial charge in [-0.2, -0.15) is 0 Å². The molecule has 2 N–H and O–H groups in total. The third-order valence-electron chi connectivity index (χ3n) is 5.06. The summed E-state index contributed by atoms with van der Waals surface area (Å²) in [7, 11) is 0. The molecular weight excluding hydrogens is 392 g/mol. The molecule has 0 fully saturated rings. The molecule has 0 radical (unpaired) electrons. The van der Waals surface area contributed by atoms with E-state index in [1.807, 2.05) is 35.6 Å². The van der Waals surface area contributed by atoms with Gasteiger partial charge in [0, 0.05) is 42.5 Å². The Hall–Kier alpha value is -2.28. The maximum absolute atomic E-state index is 12.4. The molecule has 0 aliphatic carbocycles. The van der Waals surface area contributed by atoms with Crippen molar-refractivity contribution in [3.63, 3.8) is 0 Å². The smallest absolute Gasteiger partial charge is 0.319 e. The zero-order valence-corrected chi connectivity index (χ0v) is 17.3. The topological polar surface area (TPSA) is 49.3 Å². The van der Waals surface area contributed by atoms with E-state index < -0.39 is 0 Å². The van der Waals surface area contributed by atoms with Crippen LogP contribution in [0.2, 0.25) is 5.02 Å². The third kappa shape index (κ3) is 3.94. The van der Waals surface area contributed by atoms with Gasteiger partial charge in [-0.3, -0.25) is 4.90 Å². The highest BCUT2D eigenvalue weighted by Gasteiger charge is 2.24. The fourth-order valence-corrected chi connectivity index (χ4v) is 5.09. The Kier molecular flexibility index (Phi) is 5.71. The van der Waals surface area contributed by atoms with E-state index in [0.717, 1.165) is 26.1 Å². The van der Waals surface area contributed by atoms with Gasteiger partial charge in [-0.15, -0.1) is 11.3 Å². The molecule has 1 aliphatic heterocycles. The summed E-state index contributed by atoms with van der Waals surface area (Å²) in [5.74, 6) is 0. The van der Waals surface area contributed by atoms with Gasteiger partial charge >= 0.3 is 6.03 Å². The van der Waals surface area contributed by atoms with Crippen molar-refractivity contribution >= 4 is 34.7 Å². The van der Waals surface area contributed by atoms with Gasteiger partial charge in [0.15, 0.2) is 0 Å². The Balaban J connectivity index is 1.54. The molecule has 0 spiro atoms. The number of urea groups is 1. The fourth-order valence-electron chi connectivity index (χ4n) is 3.54.